The van der Waals surface area contributed by atoms with Crippen LogP contribution in [0.15, 0.2) is 30.3 Å². The van der Waals surface area contributed by atoms with Crippen molar-refractivity contribution in [1.82, 2.24) is 0 Å². The number of ether oxygens (including phenoxy) is 3. The third-order valence-electron chi connectivity index (χ3n) is 2.83. The fourth-order valence-corrected chi connectivity index (χ4v) is 1.68. The highest BCUT2D eigenvalue weighted by Gasteiger charge is 2.47. The van der Waals surface area contributed by atoms with Gasteiger partial charge in [-0.25, -0.2) is 0 Å². The van der Waals surface area contributed by atoms with E-state index in [0.717, 1.165) is 13.2 Å². The standard InChI is InChI=1S/C12H14O3/c1-2-4-10(5-3-1)12(9-15-12)8-13-6-11-7-14-11/h1-5,11H,6-9H2. The zero-order valence-electron chi connectivity index (χ0n) is 8.52. The molecule has 2 atom stereocenters. The van der Waals surface area contributed by atoms with Crippen molar-refractivity contribution >= 4 is 0 Å². The summed E-state index contributed by atoms with van der Waals surface area (Å²) in [5.74, 6) is 0. The van der Waals surface area contributed by atoms with Gasteiger partial charge in [0.2, 0.25) is 0 Å². The van der Waals surface area contributed by atoms with E-state index in [1.165, 1.54) is 5.56 Å². The first-order valence-corrected chi connectivity index (χ1v) is 5.28. The Hall–Kier alpha value is -0.900. The minimum atomic E-state index is -0.170. The molecule has 2 aliphatic rings. The van der Waals surface area contributed by atoms with Crippen LogP contribution >= 0.6 is 0 Å². The molecule has 0 amide bonds. The van der Waals surface area contributed by atoms with Crippen molar-refractivity contribution in [2.24, 2.45) is 0 Å². The summed E-state index contributed by atoms with van der Waals surface area (Å²) in [7, 11) is 0. The molecule has 2 saturated heterocycles. The van der Waals surface area contributed by atoms with Crippen molar-refractivity contribution in [3.05, 3.63) is 35.9 Å². The number of epoxide rings is 2. The van der Waals surface area contributed by atoms with E-state index in [-0.39, 0.29) is 5.60 Å². The first kappa shape index (κ1) is 9.33. The Morgan fingerprint density at radius 1 is 1.33 bits per heavy atom. The third kappa shape index (κ3) is 2.04. The smallest absolute Gasteiger partial charge is 0.140 e. The molecule has 2 fully saturated rings. The molecule has 0 spiro atoms. The molecule has 2 unspecified atom stereocenters. The van der Waals surface area contributed by atoms with Crippen molar-refractivity contribution in [2.75, 3.05) is 26.4 Å². The van der Waals surface area contributed by atoms with E-state index >= 15 is 0 Å². The number of rotatable bonds is 5. The van der Waals surface area contributed by atoms with E-state index in [1.54, 1.807) is 0 Å². The number of hydrogen-bond donors (Lipinski definition) is 0. The monoisotopic (exact) mass is 206 g/mol. The SMILES string of the molecule is c1ccc(C2(COCC3CO3)CO2)cc1. The summed E-state index contributed by atoms with van der Waals surface area (Å²) >= 11 is 0. The van der Waals surface area contributed by atoms with Crippen LogP contribution in [0, 0.1) is 0 Å². The minimum absolute atomic E-state index is 0.170. The van der Waals surface area contributed by atoms with Gasteiger partial charge in [0.1, 0.15) is 11.7 Å². The molecule has 0 bridgehead atoms. The lowest BCUT2D eigenvalue weighted by molar-refractivity contribution is 0.0671. The topological polar surface area (TPSA) is 34.3 Å². The maximum Gasteiger partial charge on any atom is 0.140 e. The molecule has 80 valence electrons. The van der Waals surface area contributed by atoms with Gasteiger partial charge < -0.3 is 14.2 Å². The average Bonchev–Trinajstić information content (AvgIpc) is 3.14. The van der Waals surface area contributed by atoms with Gasteiger partial charge in [0, 0.05) is 0 Å². The predicted molar refractivity (Wildman–Crippen MR) is 54.6 cm³/mol. The van der Waals surface area contributed by atoms with Gasteiger partial charge in [-0.2, -0.15) is 0 Å². The first-order valence-electron chi connectivity index (χ1n) is 5.28. The highest BCUT2D eigenvalue weighted by molar-refractivity contribution is 5.26. The third-order valence-corrected chi connectivity index (χ3v) is 2.83. The summed E-state index contributed by atoms with van der Waals surface area (Å²) in [5.41, 5.74) is 1.04. The lowest BCUT2D eigenvalue weighted by Gasteiger charge is -2.11. The van der Waals surface area contributed by atoms with Crippen molar-refractivity contribution in [1.29, 1.82) is 0 Å². The van der Waals surface area contributed by atoms with Gasteiger partial charge in [0.25, 0.3) is 0 Å². The number of benzene rings is 1. The van der Waals surface area contributed by atoms with Gasteiger partial charge >= 0.3 is 0 Å². The van der Waals surface area contributed by atoms with Crippen LogP contribution in [0.2, 0.25) is 0 Å². The molecule has 2 aliphatic heterocycles. The second kappa shape index (κ2) is 3.59. The van der Waals surface area contributed by atoms with Crippen LogP contribution < -0.4 is 0 Å². The fourth-order valence-electron chi connectivity index (χ4n) is 1.68. The molecule has 3 heteroatoms. The summed E-state index contributed by atoms with van der Waals surface area (Å²) in [6, 6.07) is 10.2. The van der Waals surface area contributed by atoms with Crippen molar-refractivity contribution in [3.8, 4) is 0 Å². The van der Waals surface area contributed by atoms with Gasteiger partial charge in [-0.05, 0) is 5.56 Å². The highest BCUT2D eigenvalue weighted by atomic mass is 16.6. The van der Waals surface area contributed by atoms with E-state index in [9.17, 15) is 0 Å². The second-order valence-corrected chi connectivity index (χ2v) is 4.12. The highest BCUT2D eigenvalue weighted by Crippen LogP contribution is 2.38. The Labute approximate surface area is 89.0 Å². The van der Waals surface area contributed by atoms with Crippen LogP contribution in [-0.4, -0.2) is 32.5 Å². The molecule has 1 aromatic rings. The Morgan fingerprint density at radius 2 is 2.07 bits per heavy atom. The summed E-state index contributed by atoms with van der Waals surface area (Å²) in [6.45, 7) is 2.94. The van der Waals surface area contributed by atoms with Gasteiger partial charge in [-0.1, -0.05) is 30.3 Å². The van der Waals surface area contributed by atoms with Crippen molar-refractivity contribution in [3.63, 3.8) is 0 Å². The van der Waals surface area contributed by atoms with Crippen LogP contribution in [0.1, 0.15) is 5.56 Å². The Bertz CT molecular complexity index is 328. The molecule has 0 N–H and O–H groups in total. The minimum Gasteiger partial charge on any atom is -0.375 e. The molecule has 15 heavy (non-hydrogen) atoms. The summed E-state index contributed by atoms with van der Waals surface area (Å²) in [4.78, 5) is 0. The molecule has 1 aromatic carbocycles. The zero-order valence-corrected chi connectivity index (χ0v) is 8.52. The number of hydrogen-bond acceptors (Lipinski definition) is 3. The first-order chi connectivity index (χ1) is 7.39. The second-order valence-electron chi connectivity index (χ2n) is 4.12. The lowest BCUT2D eigenvalue weighted by atomic mass is 10.0. The molecule has 2 heterocycles. The van der Waals surface area contributed by atoms with Crippen LogP contribution in [0.3, 0.4) is 0 Å². The largest absolute Gasteiger partial charge is 0.375 e. The molecule has 0 saturated carbocycles. The van der Waals surface area contributed by atoms with E-state index < -0.39 is 0 Å². The predicted octanol–water partition coefficient (Wildman–Crippen LogP) is 1.33. The van der Waals surface area contributed by atoms with Crippen LogP contribution in [-0.2, 0) is 19.8 Å². The molecule has 0 aromatic heterocycles. The Morgan fingerprint density at radius 3 is 2.67 bits per heavy atom. The van der Waals surface area contributed by atoms with Crippen LogP contribution in [0.5, 0.6) is 0 Å². The lowest BCUT2D eigenvalue weighted by Crippen LogP contribution is -2.18. The quantitative estimate of drug-likeness (QED) is 0.681. The van der Waals surface area contributed by atoms with E-state index in [4.69, 9.17) is 14.2 Å². The normalized spacial score (nSPS) is 32.7. The van der Waals surface area contributed by atoms with Crippen molar-refractivity contribution < 1.29 is 14.2 Å². The molecular weight excluding hydrogens is 192 g/mol. The molecule has 0 radical (unpaired) electrons. The molecular formula is C12H14O3. The summed E-state index contributed by atoms with van der Waals surface area (Å²) < 4.78 is 16.2. The molecule has 0 aliphatic carbocycles. The van der Waals surface area contributed by atoms with Gasteiger partial charge in [0.15, 0.2) is 0 Å². The average molecular weight is 206 g/mol. The fraction of sp³-hybridized carbons (Fsp3) is 0.500. The summed E-state index contributed by atoms with van der Waals surface area (Å²) in [5, 5.41) is 0. The summed E-state index contributed by atoms with van der Waals surface area (Å²) in [6.07, 6.45) is 0.330. The van der Waals surface area contributed by atoms with E-state index in [2.05, 4.69) is 12.1 Å². The van der Waals surface area contributed by atoms with E-state index in [1.807, 2.05) is 18.2 Å². The maximum atomic E-state index is 5.59. The zero-order chi connectivity index (χ0) is 10.1. The van der Waals surface area contributed by atoms with Crippen LogP contribution in [0.25, 0.3) is 0 Å². The molecule has 3 nitrogen and oxygen atoms in total. The Balaban J connectivity index is 1.58. The maximum absolute atomic E-state index is 5.59. The van der Waals surface area contributed by atoms with Crippen LogP contribution in [0.4, 0.5) is 0 Å². The van der Waals surface area contributed by atoms with E-state index in [0.29, 0.717) is 19.3 Å². The molecule has 3 rings (SSSR count). The Kier molecular flexibility index (Phi) is 2.24. The van der Waals surface area contributed by atoms with Gasteiger partial charge in [-0.15, -0.1) is 0 Å². The van der Waals surface area contributed by atoms with Gasteiger partial charge in [-0.3, -0.25) is 0 Å². The van der Waals surface area contributed by atoms with Gasteiger partial charge in [0.05, 0.1) is 26.4 Å². The van der Waals surface area contributed by atoms with Crippen molar-refractivity contribution in [2.45, 2.75) is 11.7 Å².